The number of hydrogen-bond acceptors (Lipinski definition) is 4. The number of nitrogens with zero attached hydrogens (tertiary/aromatic N) is 3. The Morgan fingerprint density at radius 2 is 1.95 bits per heavy atom. The van der Waals surface area contributed by atoms with Crippen LogP contribution in [0.25, 0.3) is 10.9 Å². The van der Waals surface area contributed by atoms with E-state index in [-0.39, 0.29) is 0 Å². The monoisotopic (exact) mass is 264 g/mol. The molecule has 3 heterocycles. The maximum absolute atomic E-state index is 9.41. The van der Waals surface area contributed by atoms with Gasteiger partial charge in [0.15, 0.2) is 0 Å². The highest BCUT2D eigenvalue weighted by molar-refractivity contribution is 5.94. The van der Waals surface area contributed by atoms with Crippen LogP contribution in [0.4, 0.5) is 5.69 Å². The average Bonchev–Trinajstić information content (AvgIpc) is 3.07. The van der Waals surface area contributed by atoms with Crippen LogP contribution >= 0.6 is 0 Å². The van der Waals surface area contributed by atoms with E-state index in [0.717, 1.165) is 42.8 Å². The van der Waals surface area contributed by atoms with Gasteiger partial charge < -0.3 is 10.2 Å². The van der Waals surface area contributed by atoms with E-state index in [4.69, 9.17) is 0 Å². The van der Waals surface area contributed by atoms with Gasteiger partial charge in [0.1, 0.15) is 6.07 Å². The molecule has 1 aromatic carbocycles. The van der Waals surface area contributed by atoms with Crippen molar-refractivity contribution in [3.8, 4) is 6.07 Å². The molecule has 4 rings (SSSR count). The maximum Gasteiger partial charge on any atom is 0.103 e. The molecule has 0 spiro atoms. The molecule has 20 heavy (non-hydrogen) atoms. The van der Waals surface area contributed by atoms with Gasteiger partial charge in [-0.15, -0.1) is 0 Å². The molecule has 0 amide bonds. The molecular formula is C16H16N4. The van der Waals surface area contributed by atoms with E-state index in [1.165, 1.54) is 0 Å². The van der Waals surface area contributed by atoms with Crippen molar-refractivity contribution in [1.82, 2.24) is 10.3 Å². The van der Waals surface area contributed by atoms with E-state index < -0.39 is 0 Å². The molecular weight excluding hydrogens is 248 g/mol. The standard InChI is InChI=1S/C16H16N4/c17-5-11-8-19-15-4-2-1-3-14(15)16(11)20-9-12-6-18-7-13(12)10-20/h1-4,8,12-13,18H,6-7,9-10H2/t12-,13+. The minimum absolute atomic E-state index is 0.691. The van der Waals surface area contributed by atoms with E-state index in [0.29, 0.717) is 17.4 Å². The second-order valence-corrected chi connectivity index (χ2v) is 5.73. The number of anilines is 1. The second kappa shape index (κ2) is 4.46. The summed E-state index contributed by atoms with van der Waals surface area (Å²) in [5, 5.41) is 14.0. The summed E-state index contributed by atoms with van der Waals surface area (Å²) < 4.78 is 0. The Kier molecular flexibility index (Phi) is 2.61. The zero-order chi connectivity index (χ0) is 13.5. The number of fused-ring (bicyclic) bond motifs is 2. The number of hydrogen-bond donors (Lipinski definition) is 1. The summed E-state index contributed by atoms with van der Waals surface area (Å²) in [5.41, 5.74) is 2.74. The fourth-order valence-electron chi connectivity index (χ4n) is 3.59. The van der Waals surface area contributed by atoms with Crippen LogP contribution in [0.3, 0.4) is 0 Å². The topological polar surface area (TPSA) is 52.0 Å². The van der Waals surface area contributed by atoms with Crippen molar-refractivity contribution in [3.05, 3.63) is 36.0 Å². The quantitative estimate of drug-likeness (QED) is 0.852. The van der Waals surface area contributed by atoms with Crippen molar-refractivity contribution in [2.75, 3.05) is 31.1 Å². The smallest absolute Gasteiger partial charge is 0.103 e. The van der Waals surface area contributed by atoms with Gasteiger partial charge in [0, 0.05) is 37.8 Å². The molecule has 4 heteroatoms. The lowest BCUT2D eigenvalue weighted by Gasteiger charge is -2.22. The van der Waals surface area contributed by atoms with Gasteiger partial charge in [-0.3, -0.25) is 4.98 Å². The van der Waals surface area contributed by atoms with Crippen molar-refractivity contribution >= 4 is 16.6 Å². The number of nitriles is 1. The molecule has 0 aliphatic carbocycles. The molecule has 0 bridgehead atoms. The lowest BCUT2D eigenvalue weighted by atomic mass is 10.0. The number of pyridine rings is 1. The summed E-state index contributed by atoms with van der Waals surface area (Å²) in [7, 11) is 0. The number of rotatable bonds is 1. The Labute approximate surface area is 118 Å². The predicted molar refractivity (Wildman–Crippen MR) is 78.5 cm³/mol. The molecule has 0 radical (unpaired) electrons. The zero-order valence-corrected chi connectivity index (χ0v) is 11.2. The van der Waals surface area contributed by atoms with Gasteiger partial charge in [-0.2, -0.15) is 5.26 Å². The van der Waals surface area contributed by atoms with Crippen LogP contribution in [0.1, 0.15) is 5.56 Å². The summed E-state index contributed by atoms with van der Waals surface area (Å²) in [6.07, 6.45) is 1.71. The first-order valence-corrected chi connectivity index (χ1v) is 7.10. The van der Waals surface area contributed by atoms with Crippen LogP contribution in [-0.2, 0) is 0 Å². The lowest BCUT2D eigenvalue weighted by molar-refractivity contribution is 0.533. The van der Waals surface area contributed by atoms with Crippen LogP contribution in [0.15, 0.2) is 30.5 Å². The lowest BCUT2D eigenvalue weighted by Crippen LogP contribution is -2.26. The molecule has 2 aliphatic heterocycles. The fourth-order valence-corrected chi connectivity index (χ4v) is 3.59. The zero-order valence-electron chi connectivity index (χ0n) is 11.2. The molecule has 1 N–H and O–H groups in total. The third kappa shape index (κ3) is 1.67. The van der Waals surface area contributed by atoms with Crippen LogP contribution < -0.4 is 10.2 Å². The highest BCUT2D eigenvalue weighted by Gasteiger charge is 2.37. The van der Waals surface area contributed by atoms with Crippen LogP contribution in [-0.4, -0.2) is 31.2 Å². The predicted octanol–water partition coefficient (Wildman–Crippen LogP) is 1.76. The molecule has 2 saturated heterocycles. The van der Waals surface area contributed by atoms with Gasteiger partial charge in [-0.25, -0.2) is 0 Å². The summed E-state index contributed by atoms with van der Waals surface area (Å²) in [4.78, 5) is 6.78. The van der Waals surface area contributed by atoms with E-state index in [9.17, 15) is 5.26 Å². The van der Waals surface area contributed by atoms with E-state index >= 15 is 0 Å². The third-order valence-corrected chi connectivity index (χ3v) is 4.57. The molecule has 2 aromatic rings. The summed E-state index contributed by atoms with van der Waals surface area (Å²) >= 11 is 0. The van der Waals surface area contributed by atoms with Crippen LogP contribution in [0.5, 0.6) is 0 Å². The second-order valence-electron chi connectivity index (χ2n) is 5.73. The molecule has 2 aliphatic rings. The van der Waals surface area contributed by atoms with Gasteiger partial charge in [-0.05, 0) is 17.9 Å². The first-order chi connectivity index (χ1) is 9.86. The molecule has 1 aromatic heterocycles. The molecule has 0 unspecified atom stereocenters. The number of para-hydroxylation sites is 1. The SMILES string of the molecule is N#Cc1cnc2ccccc2c1N1C[C@H]2CNC[C@H]2C1. The Balaban J connectivity index is 1.84. The molecule has 0 saturated carbocycles. The maximum atomic E-state index is 9.41. The number of benzene rings is 1. The van der Waals surface area contributed by atoms with E-state index in [1.54, 1.807) is 6.20 Å². The van der Waals surface area contributed by atoms with Gasteiger partial charge in [0.25, 0.3) is 0 Å². The highest BCUT2D eigenvalue weighted by Crippen LogP contribution is 2.36. The van der Waals surface area contributed by atoms with Crippen LogP contribution in [0.2, 0.25) is 0 Å². The fraction of sp³-hybridized carbons (Fsp3) is 0.375. The van der Waals surface area contributed by atoms with Crippen molar-refractivity contribution < 1.29 is 0 Å². The first kappa shape index (κ1) is 11.7. The van der Waals surface area contributed by atoms with Gasteiger partial charge in [-0.1, -0.05) is 18.2 Å². The Morgan fingerprint density at radius 1 is 1.20 bits per heavy atom. The van der Waals surface area contributed by atoms with Gasteiger partial charge in [0.05, 0.1) is 16.8 Å². The Hall–Kier alpha value is -2.12. The Bertz CT molecular complexity index is 691. The number of nitrogens with one attached hydrogen (secondary N) is 1. The molecule has 4 nitrogen and oxygen atoms in total. The summed E-state index contributed by atoms with van der Waals surface area (Å²) in [6.45, 7) is 4.29. The number of aromatic nitrogens is 1. The van der Waals surface area contributed by atoms with Crippen molar-refractivity contribution in [2.45, 2.75) is 0 Å². The van der Waals surface area contributed by atoms with Gasteiger partial charge >= 0.3 is 0 Å². The van der Waals surface area contributed by atoms with Crippen molar-refractivity contribution in [2.24, 2.45) is 11.8 Å². The van der Waals surface area contributed by atoms with Gasteiger partial charge in [0.2, 0.25) is 0 Å². The minimum atomic E-state index is 0.691. The van der Waals surface area contributed by atoms with Crippen molar-refractivity contribution in [3.63, 3.8) is 0 Å². The van der Waals surface area contributed by atoms with Crippen molar-refractivity contribution in [1.29, 1.82) is 5.26 Å². The average molecular weight is 264 g/mol. The largest absolute Gasteiger partial charge is 0.369 e. The Morgan fingerprint density at radius 3 is 2.70 bits per heavy atom. The summed E-state index contributed by atoms with van der Waals surface area (Å²) in [6, 6.07) is 10.4. The van der Waals surface area contributed by atoms with E-state index in [1.807, 2.05) is 18.2 Å². The molecule has 2 atom stereocenters. The molecule has 2 fully saturated rings. The van der Waals surface area contributed by atoms with E-state index in [2.05, 4.69) is 27.3 Å². The minimum Gasteiger partial charge on any atom is -0.369 e. The normalized spacial score (nSPS) is 24.9. The first-order valence-electron chi connectivity index (χ1n) is 7.10. The molecule has 100 valence electrons. The van der Waals surface area contributed by atoms with Crippen LogP contribution in [0, 0.1) is 23.2 Å². The summed E-state index contributed by atoms with van der Waals surface area (Å²) in [5.74, 6) is 1.43. The third-order valence-electron chi connectivity index (χ3n) is 4.57. The highest BCUT2D eigenvalue weighted by atomic mass is 15.2.